The second kappa shape index (κ2) is 11.5. The molecule has 0 radical (unpaired) electrons. The quantitative estimate of drug-likeness (QED) is 0.211. The standard InChI is InChI=1S/C27H26BrN3O7S/c1-6-37-20-11-16(10-18(28)24(20)36-5)12-21-25(32)30-23(17-9-8-14(3)19(13-17)31(34)35)22(26(33)38-7-2)15(4)29-27(30)39-21/h8-13,23H,6-7H2,1-5H3/b21-12+/t23-/m0/s1. The van der Waals surface area contributed by atoms with Crippen LogP contribution < -0.4 is 24.4 Å². The van der Waals surface area contributed by atoms with E-state index < -0.39 is 22.5 Å². The van der Waals surface area contributed by atoms with Gasteiger partial charge in [0.2, 0.25) is 0 Å². The van der Waals surface area contributed by atoms with Crippen LogP contribution in [0.3, 0.4) is 0 Å². The van der Waals surface area contributed by atoms with Gasteiger partial charge < -0.3 is 14.2 Å². The lowest BCUT2D eigenvalue weighted by Gasteiger charge is -2.24. The Hall–Kier alpha value is -3.77. The highest BCUT2D eigenvalue weighted by molar-refractivity contribution is 9.10. The zero-order chi connectivity index (χ0) is 28.4. The number of aryl methyl sites for hydroxylation is 1. The number of nitrogens with zero attached hydrogens (tertiary/aromatic N) is 3. The number of carbonyl (C=O) groups is 1. The van der Waals surface area contributed by atoms with Gasteiger partial charge in [0.25, 0.3) is 11.2 Å². The second-order valence-corrected chi connectivity index (χ2v) is 10.4. The molecule has 0 saturated heterocycles. The topological polar surface area (TPSA) is 122 Å². The molecule has 1 atom stereocenters. The number of hydrogen-bond donors (Lipinski definition) is 0. The Balaban J connectivity index is 1.97. The smallest absolute Gasteiger partial charge is 0.338 e. The Kier molecular flexibility index (Phi) is 8.36. The molecule has 1 aliphatic rings. The number of halogens is 1. The highest BCUT2D eigenvalue weighted by Gasteiger charge is 2.34. The predicted octanol–water partition coefficient (Wildman–Crippen LogP) is 4.18. The van der Waals surface area contributed by atoms with Crippen molar-refractivity contribution in [3.05, 3.63) is 92.6 Å². The number of aromatic nitrogens is 1. The fourth-order valence-electron chi connectivity index (χ4n) is 4.38. The molecule has 2 aromatic carbocycles. The summed E-state index contributed by atoms with van der Waals surface area (Å²) < 4.78 is 18.8. The van der Waals surface area contributed by atoms with E-state index in [1.165, 1.54) is 10.6 Å². The molecule has 0 unspecified atom stereocenters. The van der Waals surface area contributed by atoms with E-state index in [9.17, 15) is 19.7 Å². The zero-order valence-electron chi connectivity index (χ0n) is 21.9. The number of rotatable bonds is 8. The van der Waals surface area contributed by atoms with Gasteiger partial charge in [-0.2, -0.15) is 0 Å². The number of thiazole rings is 1. The summed E-state index contributed by atoms with van der Waals surface area (Å²) in [5.74, 6) is 0.409. The lowest BCUT2D eigenvalue weighted by atomic mass is 9.94. The summed E-state index contributed by atoms with van der Waals surface area (Å²) in [6.45, 7) is 7.37. The van der Waals surface area contributed by atoms with E-state index in [0.29, 0.717) is 54.3 Å². The maximum absolute atomic E-state index is 13.8. The molecule has 0 spiro atoms. The number of nitro groups is 1. The average Bonchev–Trinajstić information content (AvgIpc) is 3.17. The molecule has 3 aromatic rings. The lowest BCUT2D eigenvalue weighted by molar-refractivity contribution is -0.385. The van der Waals surface area contributed by atoms with E-state index in [-0.39, 0.29) is 17.9 Å². The van der Waals surface area contributed by atoms with Gasteiger partial charge in [-0.3, -0.25) is 19.5 Å². The van der Waals surface area contributed by atoms with Crippen molar-refractivity contribution in [1.29, 1.82) is 0 Å². The number of methoxy groups -OCH3 is 1. The van der Waals surface area contributed by atoms with E-state index in [1.54, 1.807) is 58.2 Å². The number of hydrogen-bond acceptors (Lipinski definition) is 9. The molecular formula is C27H26BrN3O7S. The Labute approximate surface area is 236 Å². The van der Waals surface area contributed by atoms with Gasteiger partial charge >= 0.3 is 5.97 Å². The van der Waals surface area contributed by atoms with Crippen LogP contribution in [0.5, 0.6) is 11.5 Å². The highest BCUT2D eigenvalue weighted by atomic mass is 79.9. The van der Waals surface area contributed by atoms with Gasteiger partial charge in [-0.25, -0.2) is 9.79 Å². The van der Waals surface area contributed by atoms with Gasteiger partial charge in [0, 0.05) is 11.6 Å². The summed E-state index contributed by atoms with van der Waals surface area (Å²) in [4.78, 5) is 43.0. The van der Waals surface area contributed by atoms with Crippen LogP contribution in [0.4, 0.5) is 5.69 Å². The van der Waals surface area contributed by atoms with E-state index in [1.807, 2.05) is 6.92 Å². The third kappa shape index (κ3) is 5.39. The monoisotopic (exact) mass is 615 g/mol. The molecule has 0 bridgehead atoms. The minimum Gasteiger partial charge on any atom is -0.492 e. The molecule has 1 aliphatic heterocycles. The largest absolute Gasteiger partial charge is 0.492 e. The van der Waals surface area contributed by atoms with Crippen molar-refractivity contribution in [2.24, 2.45) is 4.99 Å². The molecule has 204 valence electrons. The number of fused-ring (bicyclic) bond motifs is 1. The van der Waals surface area contributed by atoms with Crippen molar-refractivity contribution in [2.75, 3.05) is 20.3 Å². The SMILES string of the molecule is CCOC(=O)C1=C(C)N=c2s/c(=C/c3cc(Br)c(OC)c(OCC)c3)c(=O)n2[C@H]1c1ccc(C)c([N+](=O)[O-])c1. The van der Waals surface area contributed by atoms with Gasteiger partial charge in [-0.1, -0.05) is 23.5 Å². The van der Waals surface area contributed by atoms with Crippen molar-refractivity contribution >= 4 is 45.0 Å². The van der Waals surface area contributed by atoms with Crippen LogP contribution in [-0.4, -0.2) is 35.8 Å². The summed E-state index contributed by atoms with van der Waals surface area (Å²) >= 11 is 4.65. The Morgan fingerprint density at radius 2 is 1.97 bits per heavy atom. The minimum absolute atomic E-state index is 0.112. The molecule has 0 amide bonds. The first-order valence-corrected chi connectivity index (χ1v) is 13.7. The second-order valence-electron chi connectivity index (χ2n) is 8.57. The Morgan fingerprint density at radius 3 is 2.62 bits per heavy atom. The summed E-state index contributed by atoms with van der Waals surface area (Å²) in [5.41, 5.74) is 1.57. The Bertz CT molecular complexity index is 1690. The molecule has 12 heteroatoms. The van der Waals surface area contributed by atoms with Crippen molar-refractivity contribution in [1.82, 2.24) is 4.57 Å². The maximum atomic E-state index is 13.8. The van der Waals surface area contributed by atoms with Gasteiger partial charge in [0.15, 0.2) is 16.3 Å². The third-order valence-corrected chi connectivity index (χ3v) is 7.67. The van der Waals surface area contributed by atoms with E-state index in [2.05, 4.69) is 20.9 Å². The molecule has 0 aliphatic carbocycles. The van der Waals surface area contributed by atoms with Crippen molar-refractivity contribution in [3.8, 4) is 11.5 Å². The first kappa shape index (κ1) is 28.2. The number of ether oxygens (including phenoxy) is 3. The van der Waals surface area contributed by atoms with Gasteiger partial charge in [0.1, 0.15) is 0 Å². The Morgan fingerprint density at radius 1 is 1.23 bits per heavy atom. The first-order chi connectivity index (χ1) is 18.6. The molecule has 4 rings (SSSR count). The summed E-state index contributed by atoms with van der Waals surface area (Å²) in [6.07, 6.45) is 1.70. The summed E-state index contributed by atoms with van der Waals surface area (Å²) in [6, 6.07) is 7.28. The normalized spacial score (nSPS) is 15.0. The number of esters is 1. The first-order valence-electron chi connectivity index (χ1n) is 12.1. The molecule has 0 N–H and O–H groups in total. The highest BCUT2D eigenvalue weighted by Crippen LogP contribution is 2.37. The fourth-order valence-corrected chi connectivity index (χ4v) is 6.05. The van der Waals surface area contributed by atoms with Gasteiger partial charge in [-0.15, -0.1) is 0 Å². The van der Waals surface area contributed by atoms with Crippen LogP contribution in [0.25, 0.3) is 6.08 Å². The minimum atomic E-state index is -0.955. The molecule has 1 aromatic heterocycles. The van der Waals surface area contributed by atoms with Crippen LogP contribution in [0, 0.1) is 17.0 Å². The van der Waals surface area contributed by atoms with E-state index in [4.69, 9.17) is 14.2 Å². The molecule has 10 nitrogen and oxygen atoms in total. The molecular weight excluding hydrogens is 590 g/mol. The molecule has 39 heavy (non-hydrogen) atoms. The number of benzene rings is 2. The molecule has 0 fully saturated rings. The summed E-state index contributed by atoms with van der Waals surface area (Å²) in [7, 11) is 1.54. The summed E-state index contributed by atoms with van der Waals surface area (Å²) in [5, 5.41) is 11.7. The zero-order valence-corrected chi connectivity index (χ0v) is 24.3. The van der Waals surface area contributed by atoms with Crippen LogP contribution in [0.15, 0.2) is 55.9 Å². The lowest BCUT2D eigenvalue weighted by Crippen LogP contribution is -2.40. The number of carbonyl (C=O) groups excluding carboxylic acids is 1. The van der Waals surface area contributed by atoms with Crippen molar-refractivity contribution in [3.63, 3.8) is 0 Å². The van der Waals surface area contributed by atoms with Crippen LogP contribution in [0.1, 0.15) is 43.5 Å². The van der Waals surface area contributed by atoms with Crippen LogP contribution >= 0.6 is 27.3 Å². The van der Waals surface area contributed by atoms with E-state index in [0.717, 1.165) is 11.3 Å². The van der Waals surface area contributed by atoms with Gasteiger partial charge in [0.05, 0.1) is 51.6 Å². The average molecular weight is 616 g/mol. The van der Waals surface area contributed by atoms with Crippen molar-refractivity contribution < 1.29 is 23.9 Å². The molecule has 0 saturated carbocycles. The maximum Gasteiger partial charge on any atom is 0.338 e. The number of allylic oxidation sites excluding steroid dienone is 1. The predicted molar refractivity (Wildman–Crippen MR) is 150 cm³/mol. The van der Waals surface area contributed by atoms with Crippen LogP contribution in [-0.2, 0) is 9.53 Å². The van der Waals surface area contributed by atoms with E-state index >= 15 is 0 Å². The van der Waals surface area contributed by atoms with Crippen LogP contribution in [0.2, 0.25) is 0 Å². The third-order valence-electron chi connectivity index (χ3n) is 6.10. The van der Waals surface area contributed by atoms with Gasteiger partial charge in [-0.05, 0) is 73.0 Å². The fraction of sp³-hybridized carbons (Fsp3) is 0.296. The number of nitro benzene ring substituents is 1. The van der Waals surface area contributed by atoms with Crippen molar-refractivity contribution in [2.45, 2.75) is 33.7 Å². The molecule has 2 heterocycles.